The van der Waals surface area contributed by atoms with Crippen LogP contribution in [-0.4, -0.2) is 46.2 Å². The van der Waals surface area contributed by atoms with E-state index in [1.165, 1.54) is 6.08 Å². The molecular formula is C17H11Cl2N5O3S2. The topological polar surface area (TPSA) is 108 Å². The van der Waals surface area contributed by atoms with Crippen LogP contribution < -0.4 is 0 Å². The number of fused-ring (bicyclic) bond motifs is 1. The maximum atomic E-state index is 12.5. The Balaban J connectivity index is 1.79. The first-order chi connectivity index (χ1) is 13.7. The molecule has 2 aliphatic heterocycles. The SMILES string of the molecule is CS(=O)(=O)C1=NSC2=NC(=O)/C(=C\c3cccn3-c3ccc(Cl)cc3Cl)C(=N)N21. The van der Waals surface area contributed by atoms with Gasteiger partial charge in [-0.2, -0.15) is 9.39 Å². The lowest BCUT2D eigenvalue weighted by Gasteiger charge is -2.24. The molecule has 1 amide bonds. The highest BCUT2D eigenvalue weighted by Gasteiger charge is 2.41. The first kappa shape index (κ1) is 19.9. The van der Waals surface area contributed by atoms with Crippen LogP contribution in [-0.2, 0) is 14.6 Å². The van der Waals surface area contributed by atoms with Gasteiger partial charge in [-0.1, -0.05) is 23.2 Å². The van der Waals surface area contributed by atoms with Crippen molar-refractivity contribution in [1.29, 1.82) is 5.41 Å². The van der Waals surface area contributed by atoms with Gasteiger partial charge in [0.25, 0.3) is 5.91 Å². The van der Waals surface area contributed by atoms with Crippen LogP contribution in [0.25, 0.3) is 11.8 Å². The summed E-state index contributed by atoms with van der Waals surface area (Å²) in [5.41, 5.74) is 1.10. The van der Waals surface area contributed by atoms with Crippen molar-refractivity contribution in [3.63, 3.8) is 0 Å². The monoisotopic (exact) mass is 467 g/mol. The summed E-state index contributed by atoms with van der Waals surface area (Å²) in [6.07, 6.45) is 4.18. The number of carbonyl (C=O) groups excluding carboxylic acids is 1. The molecule has 0 aliphatic carbocycles. The molecule has 1 N–H and O–H groups in total. The number of amides is 1. The highest BCUT2D eigenvalue weighted by Crippen LogP contribution is 2.31. The molecule has 8 nitrogen and oxygen atoms in total. The summed E-state index contributed by atoms with van der Waals surface area (Å²) in [4.78, 5) is 17.4. The summed E-state index contributed by atoms with van der Waals surface area (Å²) < 4.78 is 29.5. The number of benzene rings is 1. The first-order valence-electron chi connectivity index (χ1n) is 7.98. The van der Waals surface area contributed by atoms with Crippen molar-refractivity contribution in [2.24, 2.45) is 9.39 Å². The number of rotatable bonds is 2. The summed E-state index contributed by atoms with van der Waals surface area (Å²) in [5.74, 6) is -0.974. The zero-order valence-electron chi connectivity index (χ0n) is 14.6. The minimum Gasteiger partial charge on any atom is -0.316 e. The zero-order valence-corrected chi connectivity index (χ0v) is 17.8. The molecule has 2 aromatic rings. The van der Waals surface area contributed by atoms with Crippen LogP contribution in [0.15, 0.2) is 51.5 Å². The molecule has 0 radical (unpaired) electrons. The van der Waals surface area contributed by atoms with E-state index in [0.29, 0.717) is 21.4 Å². The van der Waals surface area contributed by atoms with Crippen molar-refractivity contribution in [2.45, 2.75) is 0 Å². The van der Waals surface area contributed by atoms with E-state index < -0.39 is 15.7 Å². The summed E-state index contributed by atoms with van der Waals surface area (Å²) in [6, 6.07) is 8.47. The fourth-order valence-corrected chi connectivity index (χ4v) is 5.14. The predicted molar refractivity (Wildman–Crippen MR) is 116 cm³/mol. The van der Waals surface area contributed by atoms with Crippen LogP contribution in [0.4, 0.5) is 0 Å². The smallest absolute Gasteiger partial charge is 0.283 e. The van der Waals surface area contributed by atoms with E-state index in [-0.39, 0.29) is 21.7 Å². The van der Waals surface area contributed by atoms with Gasteiger partial charge in [-0.25, -0.2) is 13.3 Å². The molecule has 0 atom stereocenters. The summed E-state index contributed by atoms with van der Waals surface area (Å²) >= 11 is 13.0. The van der Waals surface area contributed by atoms with Crippen LogP contribution in [0.5, 0.6) is 0 Å². The average molecular weight is 468 g/mol. The van der Waals surface area contributed by atoms with Gasteiger partial charge in [-0.15, -0.1) is 0 Å². The molecule has 0 spiro atoms. The lowest BCUT2D eigenvalue weighted by atomic mass is 10.1. The molecular weight excluding hydrogens is 457 g/mol. The van der Waals surface area contributed by atoms with Crippen LogP contribution in [0.2, 0.25) is 10.0 Å². The molecule has 0 unspecified atom stereocenters. The number of amidine groups is 3. The predicted octanol–water partition coefficient (Wildman–Crippen LogP) is 3.41. The lowest BCUT2D eigenvalue weighted by molar-refractivity contribution is -0.114. The Bertz CT molecular complexity index is 1280. The third-order valence-electron chi connectivity index (χ3n) is 4.07. The zero-order chi connectivity index (χ0) is 20.9. The average Bonchev–Trinajstić information content (AvgIpc) is 3.25. The number of halogens is 2. The molecule has 148 valence electrons. The Morgan fingerprint density at radius 1 is 1.24 bits per heavy atom. The number of carbonyl (C=O) groups is 1. The van der Waals surface area contributed by atoms with E-state index in [9.17, 15) is 13.2 Å². The van der Waals surface area contributed by atoms with Crippen molar-refractivity contribution in [3.8, 4) is 5.69 Å². The summed E-state index contributed by atoms with van der Waals surface area (Å²) in [6.45, 7) is 0. The molecule has 12 heteroatoms. The van der Waals surface area contributed by atoms with Crippen LogP contribution >= 0.6 is 35.1 Å². The standard InChI is InChI=1S/C17H11Cl2N5O3S2/c1-29(26,27)17-22-28-16-21-15(25)11(14(20)24(16)17)8-10-3-2-6-23(10)13-5-4-9(18)7-12(13)19/h2-8,20H,1H3/b11-8-,20-14?. The molecule has 0 saturated heterocycles. The number of aliphatic imine (C=N–C) groups is 1. The van der Waals surface area contributed by atoms with Gasteiger partial charge in [0.1, 0.15) is 5.84 Å². The highest BCUT2D eigenvalue weighted by atomic mass is 35.5. The Morgan fingerprint density at radius 3 is 2.69 bits per heavy atom. The fourth-order valence-electron chi connectivity index (χ4n) is 2.79. The number of aromatic nitrogens is 1. The summed E-state index contributed by atoms with van der Waals surface area (Å²) in [7, 11) is -3.71. The Hall–Kier alpha value is -2.40. The lowest BCUT2D eigenvalue weighted by Crippen LogP contribution is -2.45. The minimum absolute atomic E-state index is 0.0358. The van der Waals surface area contributed by atoms with Crippen molar-refractivity contribution >= 4 is 73.1 Å². The second-order valence-electron chi connectivity index (χ2n) is 6.08. The molecule has 2 aliphatic rings. The highest BCUT2D eigenvalue weighted by molar-refractivity contribution is 8.16. The Labute approximate surface area is 180 Å². The second kappa shape index (κ2) is 7.13. The fraction of sp³-hybridized carbons (Fsp3) is 0.0588. The Morgan fingerprint density at radius 2 is 2.00 bits per heavy atom. The van der Waals surface area contributed by atoms with E-state index in [0.717, 1.165) is 23.1 Å². The van der Waals surface area contributed by atoms with E-state index in [4.69, 9.17) is 28.6 Å². The van der Waals surface area contributed by atoms with E-state index in [1.54, 1.807) is 41.1 Å². The molecule has 4 rings (SSSR count). The third-order valence-corrected chi connectivity index (χ3v) is 6.36. The maximum Gasteiger partial charge on any atom is 0.283 e. The third kappa shape index (κ3) is 3.52. The second-order valence-corrected chi connectivity index (χ2v) is 9.56. The number of hydrogen-bond donors (Lipinski definition) is 1. The number of hydrogen-bond acceptors (Lipinski definition) is 6. The normalized spacial score (nSPS) is 18.2. The largest absolute Gasteiger partial charge is 0.316 e. The van der Waals surface area contributed by atoms with Gasteiger partial charge in [0, 0.05) is 23.2 Å². The van der Waals surface area contributed by atoms with Gasteiger partial charge in [0.15, 0.2) is 0 Å². The molecule has 0 saturated carbocycles. The Kier molecular flexibility index (Phi) is 4.89. The molecule has 0 fully saturated rings. The van der Waals surface area contributed by atoms with Gasteiger partial charge in [-0.3, -0.25) is 10.2 Å². The van der Waals surface area contributed by atoms with Crippen LogP contribution in [0.1, 0.15) is 5.69 Å². The number of sulfone groups is 1. The quantitative estimate of drug-likeness (QED) is 0.537. The number of nitrogens with one attached hydrogen (secondary N) is 1. The van der Waals surface area contributed by atoms with Gasteiger partial charge in [-0.05, 0) is 36.4 Å². The molecule has 3 heterocycles. The minimum atomic E-state index is -3.71. The van der Waals surface area contributed by atoms with Crippen LogP contribution in [0, 0.1) is 5.41 Å². The van der Waals surface area contributed by atoms with Crippen molar-refractivity contribution in [2.75, 3.05) is 6.26 Å². The molecule has 1 aromatic carbocycles. The van der Waals surface area contributed by atoms with Crippen molar-refractivity contribution in [1.82, 2.24) is 9.47 Å². The van der Waals surface area contributed by atoms with E-state index in [2.05, 4.69) is 9.39 Å². The van der Waals surface area contributed by atoms with Crippen molar-refractivity contribution in [3.05, 3.63) is 57.8 Å². The molecule has 29 heavy (non-hydrogen) atoms. The van der Waals surface area contributed by atoms with E-state index in [1.807, 2.05) is 0 Å². The first-order valence-corrected chi connectivity index (χ1v) is 11.4. The molecule has 0 bridgehead atoms. The summed E-state index contributed by atoms with van der Waals surface area (Å²) in [5, 5.41) is 9.00. The molecule has 1 aromatic heterocycles. The van der Waals surface area contributed by atoms with Gasteiger partial charge in [0.2, 0.25) is 20.2 Å². The van der Waals surface area contributed by atoms with Gasteiger partial charge < -0.3 is 4.57 Å². The van der Waals surface area contributed by atoms with Crippen LogP contribution in [0.3, 0.4) is 0 Å². The van der Waals surface area contributed by atoms with Gasteiger partial charge in [0.05, 0.1) is 28.2 Å². The maximum absolute atomic E-state index is 12.5. The van der Waals surface area contributed by atoms with E-state index >= 15 is 0 Å². The van der Waals surface area contributed by atoms with Crippen molar-refractivity contribution < 1.29 is 13.2 Å². The number of nitrogens with zero attached hydrogens (tertiary/aromatic N) is 4. The van der Waals surface area contributed by atoms with Gasteiger partial charge >= 0.3 is 0 Å².